The van der Waals surface area contributed by atoms with Crippen molar-refractivity contribution in [2.45, 2.75) is 19.4 Å². The highest BCUT2D eigenvalue weighted by Crippen LogP contribution is 2.33. The van der Waals surface area contributed by atoms with Crippen molar-refractivity contribution in [2.75, 3.05) is 18.5 Å². The number of amides is 1. The van der Waals surface area contributed by atoms with Crippen molar-refractivity contribution in [2.24, 2.45) is 5.10 Å². The molecule has 0 spiro atoms. The number of anilines is 1. The minimum atomic E-state index is -0.219. The number of carbonyl (C=O) groups is 1. The standard InChI is InChI=1S/C23H23N3O2/c1-17-10-12-18(13-11-17)20-15-21(22-9-6-14-28-22)26(24-20)23(27)16-25(2)19-7-4-3-5-8-19/h3-14,21H,15-16H2,1-2H3/t21-/m1/s1. The number of aryl methyl sites for hydroxylation is 1. The predicted octanol–water partition coefficient (Wildman–Crippen LogP) is 4.40. The van der Waals surface area contributed by atoms with E-state index < -0.39 is 0 Å². The Kier molecular flexibility index (Phi) is 4.98. The summed E-state index contributed by atoms with van der Waals surface area (Å²) in [6.45, 7) is 2.30. The first-order valence-electron chi connectivity index (χ1n) is 9.38. The van der Waals surface area contributed by atoms with Crippen molar-refractivity contribution in [1.82, 2.24) is 5.01 Å². The molecular formula is C23H23N3O2. The second kappa shape index (κ2) is 7.72. The van der Waals surface area contributed by atoms with Gasteiger partial charge in [0.05, 0.1) is 18.5 Å². The van der Waals surface area contributed by atoms with Gasteiger partial charge in [-0.05, 0) is 36.8 Å². The van der Waals surface area contributed by atoms with Gasteiger partial charge >= 0.3 is 0 Å². The molecule has 1 aliphatic heterocycles. The molecule has 142 valence electrons. The molecule has 28 heavy (non-hydrogen) atoms. The fraction of sp³-hybridized carbons (Fsp3) is 0.217. The average Bonchev–Trinajstić information content (AvgIpc) is 3.39. The maximum absolute atomic E-state index is 13.1. The van der Waals surface area contributed by atoms with Gasteiger partial charge in [-0.15, -0.1) is 0 Å². The summed E-state index contributed by atoms with van der Waals surface area (Å²) in [6.07, 6.45) is 2.27. The van der Waals surface area contributed by atoms with Crippen LogP contribution < -0.4 is 4.90 Å². The van der Waals surface area contributed by atoms with E-state index in [1.807, 2.05) is 54.4 Å². The Hall–Kier alpha value is -3.34. The van der Waals surface area contributed by atoms with Crippen molar-refractivity contribution in [1.29, 1.82) is 0 Å². The van der Waals surface area contributed by atoms with E-state index in [-0.39, 0.29) is 18.5 Å². The van der Waals surface area contributed by atoms with Gasteiger partial charge in [-0.3, -0.25) is 4.79 Å². The molecule has 1 atom stereocenters. The van der Waals surface area contributed by atoms with E-state index in [9.17, 15) is 4.79 Å². The van der Waals surface area contributed by atoms with Crippen LogP contribution in [0.1, 0.15) is 29.3 Å². The van der Waals surface area contributed by atoms with E-state index in [1.54, 1.807) is 11.3 Å². The van der Waals surface area contributed by atoms with Crippen LogP contribution in [-0.2, 0) is 4.79 Å². The van der Waals surface area contributed by atoms with E-state index in [2.05, 4.69) is 36.3 Å². The number of carbonyl (C=O) groups excluding carboxylic acids is 1. The third-order valence-electron chi connectivity index (χ3n) is 4.99. The topological polar surface area (TPSA) is 49.1 Å². The lowest BCUT2D eigenvalue weighted by atomic mass is 10.0. The summed E-state index contributed by atoms with van der Waals surface area (Å²) in [7, 11) is 1.91. The highest BCUT2D eigenvalue weighted by atomic mass is 16.3. The van der Waals surface area contributed by atoms with Gasteiger partial charge in [0.2, 0.25) is 0 Å². The monoisotopic (exact) mass is 373 g/mol. The molecule has 2 heterocycles. The van der Waals surface area contributed by atoms with E-state index in [4.69, 9.17) is 4.42 Å². The molecular weight excluding hydrogens is 350 g/mol. The smallest absolute Gasteiger partial charge is 0.262 e. The molecule has 1 aliphatic rings. The summed E-state index contributed by atoms with van der Waals surface area (Å²) in [5.41, 5.74) is 4.13. The number of benzene rings is 2. The van der Waals surface area contributed by atoms with E-state index in [0.29, 0.717) is 6.42 Å². The van der Waals surface area contributed by atoms with Crippen LogP contribution in [0.2, 0.25) is 0 Å². The zero-order valence-corrected chi connectivity index (χ0v) is 16.1. The molecule has 0 aliphatic carbocycles. The van der Waals surface area contributed by atoms with E-state index in [0.717, 1.165) is 22.7 Å². The summed E-state index contributed by atoms with van der Waals surface area (Å²) in [5.74, 6) is 0.691. The first-order valence-corrected chi connectivity index (χ1v) is 9.38. The number of hydrogen-bond acceptors (Lipinski definition) is 4. The third-order valence-corrected chi connectivity index (χ3v) is 4.99. The summed E-state index contributed by atoms with van der Waals surface area (Å²) < 4.78 is 5.61. The van der Waals surface area contributed by atoms with Gasteiger partial charge < -0.3 is 9.32 Å². The van der Waals surface area contributed by atoms with Gasteiger partial charge in [-0.1, -0.05) is 48.0 Å². The molecule has 0 bridgehead atoms. The van der Waals surface area contributed by atoms with Crippen LogP contribution in [0.25, 0.3) is 0 Å². The Balaban J connectivity index is 1.59. The number of hydrogen-bond donors (Lipinski definition) is 0. The van der Waals surface area contributed by atoms with Crippen LogP contribution in [-0.4, -0.2) is 30.2 Å². The van der Waals surface area contributed by atoms with Crippen LogP contribution in [0.15, 0.2) is 82.5 Å². The Bertz CT molecular complexity index is 963. The van der Waals surface area contributed by atoms with Crippen molar-refractivity contribution >= 4 is 17.3 Å². The van der Waals surface area contributed by atoms with Gasteiger partial charge in [-0.2, -0.15) is 5.10 Å². The van der Waals surface area contributed by atoms with Gasteiger partial charge in [0.15, 0.2) is 0 Å². The fourth-order valence-corrected chi connectivity index (χ4v) is 3.41. The molecule has 5 nitrogen and oxygen atoms in total. The molecule has 1 amide bonds. The quantitative estimate of drug-likeness (QED) is 0.666. The van der Waals surface area contributed by atoms with Crippen molar-refractivity contribution in [3.63, 3.8) is 0 Å². The third kappa shape index (κ3) is 3.69. The summed E-state index contributed by atoms with van der Waals surface area (Å²) in [5, 5.41) is 6.26. The number of hydrazone groups is 1. The molecule has 4 rings (SSSR count). The van der Waals surface area contributed by atoms with Crippen LogP contribution >= 0.6 is 0 Å². The molecule has 2 aromatic carbocycles. The van der Waals surface area contributed by atoms with Crippen molar-refractivity contribution in [3.8, 4) is 0 Å². The number of nitrogens with zero attached hydrogens (tertiary/aromatic N) is 3. The molecule has 0 radical (unpaired) electrons. The highest BCUT2D eigenvalue weighted by molar-refractivity contribution is 6.03. The van der Waals surface area contributed by atoms with E-state index >= 15 is 0 Å². The van der Waals surface area contributed by atoms with Gasteiger partial charge in [-0.25, -0.2) is 5.01 Å². The van der Waals surface area contributed by atoms with Gasteiger partial charge in [0.25, 0.3) is 5.91 Å². The minimum absolute atomic E-state index is 0.0603. The lowest BCUT2D eigenvalue weighted by Gasteiger charge is -2.24. The molecule has 3 aromatic rings. The molecule has 0 unspecified atom stereocenters. The summed E-state index contributed by atoms with van der Waals surface area (Å²) in [4.78, 5) is 15.0. The second-order valence-electron chi connectivity index (χ2n) is 7.08. The van der Waals surface area contributed by atoms with Crippen LogP contribution in [0.3, 0.4) is 0 Å². The predicted molar refractivity (Wildman–Crippen MR) is 110 cm³/mol. The summed E-state index contributed by atoms with van der Waals surface area (Å²) >= 11 is 0. The zero-order valence-electron chi connectivity index (χ0n) is 16.1. The number of rotatable bonds is 5. The normalized spacial score (nSPS) is 16.1. The number of para-hydroxylation sites is 1. The van der Waals surface area contributed by atoms with Crippen molar-refractivity contribution < 1.29 is 9.21 Å². The minimum Gasteiger partial charge on any atom is -0.467 e. The summed E-state index contributed by atoms with van der Waals surface area (Å²) in [6, 6.07) is 21.6. The van der Waals surface area contributed by atoms with Crippen LogP contribution in [0.4, 0.5) is 5.69 Å². The largest absolute Gasteiger partial charge is 0.467 e. The average molecular weight is 373 g/mol. The lowest BCUT2D eigenvalue weighted by Crippen LogP contribution is -2.36. The van der Waals surface area contributed by atoms with Crippen LogP contribution in [0, 0.1) is 6.92 Å². The molecule has 0 saturated heterocycles. The van der Waals surface area contributed by atoms with Crippen LogP contribution in [0.5, 0.6) is 0 Å². The van der Waals surface area contributed by atoms with Gasteiger partial charge in [0, 0.05) is 19.2 Å². The molecule has 1 aromatic heterocycles. The first-order chi connectivity index (χ1) is 13.6. The number of furan rings is 1. The maximum atomic E-state index is 13.1. The number of likely N-dealkylation sites (N-methyl/N-ethyl adjacent to an activating group) is 1. The first kappa shape index (κ1) is 18.0. The highest BCUT2D eigenvalue weighted by Gasteiger charge is 2.35. The SMILES string of the molecule is Cc1ccc(C2=NN(C(=O)CN(C)c3ccccc3)[C@@H](c3ccco3)C2)cc1. The Labute approximate surface area is 164 Å². The molecule has 0 N–H and O–H groups in total. The van der Waals surface area contributed by atoms with E-state index in [1.165, 1.54) is 5.56 Å². The second-order valence-corrected chi connectivity index (χ2v) is 7.08. The fourth-order valence-electron chi connectivity index (χ4n) is 3.41. The molecule has 5 heteroatoms. The lowest BCUT2D eigenvalue weighted by molar-refractivity contribution is -0.131. The maximum Gasteiger partial charge on any atom is 0.262 e. The van der Waals surface area contributed by atoms with Gasteiger partial charge in [0.1, 0.15) is 11.8 Å². The Morgan fingerprint density at radius 1 is 1.11 bits per heavy atom. The Morgan fingerprint density at radius 2 is 1.86 bits per heavy atom. The molecule has 0 saturated carbocycles. The Morgan fingerprint density at radius 3 is 2.54 bits per heavy atom. The zero-order chi connectivity index (χ0) is 19.5. The molecule has 0 fully saturated rings. The van der Waals surface area contributed by atoms with Crippen molar-refractivity contribution in [3.05, 3.63) is 89.9 Å².